The van der Waals surface area contributed by atoms with Crippen LogP contribution < -0.4 is 10.6 Å². The molecular weight excluding hydrogens is 438 g/mol. The molecule has 7 heteroatoms. The van der Waals surface area contributed by atoms with Crippen molar-refractivity contribution in [2.24, 2.45) is 4.99 Å². The summed E-state index contributed by atoms with van der Waals surface area (Å²) in [7, 11) is 1.75. The van der Waals surface area contributed by atoms with Crippen LogP contribution in [0.3, 0.4) is 0 Å². The summed E-state index contributed by atoms with van der Waals surface area (Å²) in [5, 5.41) is 7.76. The van der Waals surface area contributed by atoms with Crippen molar-refractivity contribution in [3.63, 3.8) is 0 Å². The van der Waals surface area contributed by atoms with Gasteiger partial charge in [-0.15, -0.1) is 35.3 Å². The van der Waals surface area contributed by atoms with Gasteiger partial charge in [-0.3, -0.25) is 4.99 Å². The molecule has 0 amide bonds. The second-order valence-electron chi connectivity index (χ2n) is 5.78. The molecule has 0 aliphatic heterocycles. The van der Waals surface area contributed by atoms with Crippen molar-refractivity contribution in [1.29, 1.82) is 0 Å². The molecule has 1 aliphatic rings. The summed E-state index contributed by atoms with van der Waals surface area (Å²) in [6, 6.07) is 7.23. The molecule has 2 aromatic rings. The summed E-state index contributed by atoms with van der Waals surface area (Å²) in [4.78, 5) is 9.90. The van der Waals surface area contributed by atoms with Gasteiger partial charge in [0.05, 0.1) is 17.2 Å². The van der Waals surface area contributed by atoms with Gasteiger partial charge in [0, 0.05) is 23.9 Å². The number of halogens is 2. The number of aliphatic imine (C=N–C) groups is 1. The molecule has 1 aromatic heterocycles. The summed E-state index contributed by atoms with van der Waals surface area (Å²) >= 11 is 1.69. The lowest BCUT2D eigenvalue weighted by Gasteiger charge is -2.11. The van der Waals surface area contributed by atoms with E-state index in [-0.39, 0.29) is 41.8 Å². The van der Waals surface area contributed by atoms with Gasteiger partial charge >= 0.3 is 0 Å². The average molecular weight is 460 g/mol. The second-order valence-corrected chi connectivity index (χ2v) is 7.07. The van der Waals surface area contributed by atoms with Gasteiger partial charge in [0.25, 0.3) is 0 Å². The quantitative estimate of drug-likeness (QED) is 0.415. The van der Waals surface area contributed by atoms with E-state index in [4.69, 9.17) is 0 Å². The zero-order chi connectivity index (χ0) is 16.4. The molecule has 0 saturated heterocycles. The largest absolute Gasteiger partial charge is 0.353 e. The number of rotatable bonds is 4. The molecule has 4 nitrogen and oxygen atoms in total. The van der Waals surface area contributed by atoms with E-state index in [1.807, 2.05) is 26.0 Å². The molecular formula is C17H22FIN4S. The van der Waals surface area contributed by atoms with Gasteiger partial charge in [0.1, 0.15) is 5.82 Å². The van der Waals surface area contributed by atoms with E-state index >= 15 is 0 Å². The van der Waals surface area contributed by atoms with Crippen LogP contribution in [0.4, 0.5) is 4.39 Å². The van der Waals surface area contributed by atoms with Crippen LogP contribution in [0.2, 0.25) is 0 Å². The highest BCUT2D eigenvalue weighted by Gasteiger charge is 2.40. The molecule has 2 unspecified atom stereocenters. The van der Waals surface area contributed by atoms with Crippen LogP contribution in [0, 0.1) is 19.7 Å². The lowest BCUT2D eigenvalue weighted by molar-refractivity contribution is 0.607. The Hall–Kier alpha value is -1.22. The monoisotopic (exact) mass is 460 g/mol. The smallest absolute Gasteiger partial charge is 0.191 e. The van der Waals surface area contributed by atoms with Crippen molar-refractivity contribution in [2.75, 3.05) is 7.05 Å². The number of nitrogens with zero attached hydrogens (tertiary/aromatic N) is 2. The van der Waals surface area contributed by atoms with E-state index in [9.17, 15) is 4.39 Å². The van der Waals surface area contributed by atoms with E-state index in [0.29, 0.717) is 6.54 Å². The van der Waals surface area contributed by atoms with Crippen molar-refractivity contribution in [3.8, 4) is 0 Å². The third-order valence-electron chi connectivity index (χ3n) is 4.06. The fourth-order valence-corrected chi connectivity index (χ4v) is 3.62. The molecule has 1 saturated carbocycles. The number of benzene rings is 1. The molecule has 1 fully saturated rings. The zero-order valence-corrected chi connectivity index (χ0v) is 17.1. The van der Waals surface area contributed by atoms with Gasteiger partial charge in [-0.1, -0.05) is 18.2 Å². The fourth-order valence-electron chi connectivity index (χ4n) is 2.75. The predicted molar refractivity (Wildman–Crippen MR) is 108 cm³/mol. The Morgan fingerprint density at radius 3 is 2.75 bits per heavy atom. The molecule has 130 valence electrons. The number of thiazole rings is 1. The molecule has 1 aliphatic carbocycles. The minimum atomic E-state index is -0.125. The van der Waals surface area contributed by atoms with Gasteiger partial charge < -0.3 is 10.6 Å². The fraction of sp³-hybridized carbons (Fsp3) is 0.412. The van der Waals surface area contributed by atoms with Gasteiger partial charge in [-0.05, 0) is 31.9 Å². The van der Waals surface area contributed by atoms with Crippen molar-refractivity contribution >= 4 is 41.3 Å². The maximum atomic E-state index is 13.8. The Labute approximate surface area is 163 Å². The van der Waals surface area contributed by atoms with E-state index in [0.717, 1.165) is 28.6 Å². The topological polar surface area (TPSA) is 49.3 Å². The summed E-state index contributed by atoms with van der Waals surface area (Å²) in [5.74, 6) is 0.849. The Kier molecular flexibility index (Phi) is 6.56. The van der Waals surface area contributed by atoms with E-state index in [1.165, 1.54) is 10.9 Å². The van der Waals surface area contributed by atoms with Crippen molar-refractivity contribution < 1.29 is 4.39 Å². The number of nitrogens with one attached hydrogen (secondary N) is 2. The molecule has 0 bridgehead atoms. The highest BCUT2D eigenvalue weighted by Crippen LogP contribution is 2.41. The van der Waals surface area contributed by atoms with Crippen LogP contribution in [0.5, 0.6) is 0 Å². The summed E-state index contributed by atoms with van der Waals surface area (Å²) in [5.41, 5.74) is 1.85. The molecule has 2 N–H and O–H groups in total. The number of hydrogen-bond acceptors (Lipinski definition) is 3. The SMILES string of the molecule is CN=C(NCc1sc(C)nc1C)NC1CC1c1ccccc1F.I. The highest BCUT2D eigenvalue weighted by molar-refractivity contribution is 14.0. The summed E-state index contributed by atoms with van der Waals surface area (Å²) in [6.45, 7) is 4.73. The zero-order valence-electron chi connectivity index (χ0n) is 14.0. The standard InChI is InChI=1S/C17H21FN4S.HI/c1-10-16(23-11(2)21-10)9-20-17(19-3)22-15-8-13(15)12-6-4-5-7-14(12)18;/h4-7,13,15H,8-9H2,1-3H3,(H2,19,20,22);1H. The van der Waals surface area contributed by atoms with Crippen LogP contribution in [0.15, 0.2) is 29.3 Å². The normalized spacial score (nSPS) is 19.6. The van der Waals surface area contributed by atoms with Crippen molar-refractivity contribution in [1.82, 2.24) is 15.6 Å². The van der Waals surface area contributed by atoms with Gasteiger partial charge in [-0.25, -0.2) is 9.37 Å². The van der Waals surface area contributed by atoms with Crippen LogP contribution in [0.25, 0.3) is 0 Å². The lowest BCUT2D eigenvalue weighted by Crippen LogP contribution is -2.38. The summed E-state index contributed by atoms with van der Waals surface area (Å²) in [6.07, 6.45) is 0.931. The minimum absolute atomic E-state index is 0. The Balaban J connectivity index is 0.00000208. The predicted octanol–water partition coefficient (Wildman–Crippen LogP) is 3.74. The first-order chi connectivity index (χ1) is 11.1. The molecule has 1 aromatic carbocycles. The Morgan fingerprint density at radius 2 is 2.12 bits per heavy atom. The van der Waals surface area contributed by atoms with Gasteiger partial charge in [0.2, 0.25) is 0 Å². The van der Waals surface area contributed by atoms with Crippen LogP contribution in [0.1, 0.15) is 33.5 Å². The first-order valence-corrected chi connectivity index (χ1v) is 8.54. The van der Waals surface area contributed by atoms with Gasteiger partial charge in [0.15, 0.2) is 5.96 Å². The third-order valence-corrected chi connectivity index (χ3v) is 5.13. The second kappa shape index (κ2) is 8.24. The number of aromatic nitrogens is 1. The molecule has 2 atom stereocenters. The highest BCUT2D eigenvalue weighted by atomic mass is 127. The molecule has 0 radical (unpaired) electrons. The molecule has 3 rings (SSSR count). The van der Waals surface area contributed by atoms with Crippen LogP contribution >= 0.6 is 35.3 Å². The van der Waals surface area contributed by atoms with E-state index in [2.05, 4.69) is 20.6 Å². The minimum Gasteiger partial charge on any atom is -0.353 e. The summed E-state index contributed by atoms with van der Waals surface area (Å²) < 4.78 is 13.8. The molecule has 24 heavy (non-hydrogen) atoms. The van der Waals surface area contributed by atoms with E-state index < -0.39 is 0 Å². The van der Waals surface area contributed by atoms with Crippen LogP contribution in [-0.4, -0.2) is 24.0 Å². The first-order valence-electron chi connectivity index (χ1n) is 7.73. The number of hydrogen-bond donors (Lipinski definition) is 2. The van der Waals surface area contributed by atoms with Crippen molar-refractivity contribution in [3.05, 3.63) is 51.2 Å². The Bertz CT molecular complexity index is 731. The first kappa shape index (κ1) is 19.1. The number of aryl methyl sites for hydroxylation is 2. The lowest BCUT2D eigenvalue weighted by atomic mass is 10.1. The third kappa shape index (κ3) is 4.44. The molecule has 0 spiro atoms. The van der Waals surface area contributed by atoms with Crippen LogP contribution in [-0.2, 0) is 6.54 Å². The maximum Gasteiger partial charge on any atom is 0.191 e. The number of guanidine groups is 1. The van der Waals surface area contributed by atoms with Crippen molar-refractivity contribution in [2.45, 2.75) is 38.8 Å². The average Bonchev–Trinajstić information content (AvgIpc) is 3.21. The van der Waals surface area contributed by atoms with Gasteiger partial charge in [-0.2, -0.15) is 0 Å². The Morgan fingerprint density at radius 1 is 1.38 bits per heavy atom. The molecule has 1 heterocycles. The van der Waals surface area contributed by atoms with E-state index in [1.54, 1.807) is 24.5 Å². The maximum absolute atomic E-state index is 13.8.